The Hall–Kier alpha value is 0.313. The number of hydrogen-bond donors (Lipinski definition) is 2. The van der Waals surface area contributed by atoms with E-state index in [-0.39, 0.29) is 26.2 Å². The second-order valence-electron chi connectivity index (χ2n) is 1.13. The Morgan fingerprint density at radius 1 is 1.86 bits per heavy atom. The first-order valence-electron chi connectivity index (χ1n) is 1.63. The predicted octanol–water partition coefficient (Wildman–Crippen LogP) is -1.77. The molecule has 3 N–H and O–H groups in total. The summed E-state index contributed by atoms with van der Waals surface area (Å²) in [5, 5.41) is 7.87. The number of aliphatic carboxylic acids is 1. The van der Waals surface area contributed by atoms with Crippen molar-refractivity contribution in [3.63, 3.8) is 0 Å². The van der Waals surface area contributed by atoms with Crippen LogP contribution in [0.25, 0.3) is 0 Å². The molecule has 0 saturated heterocycles. The number of carboxylic acid groups (broad SMARTS) is 1. The van der Waals surface area contributed by atoms with Gasteiger partial charge in [0.1, 0.15) is 6.04 Å². The molecule has 0 radical (unpaired) electrons. The fraction of sp³-hybridized carbons (Fsp3) is 0.667. The molecular formula is C3H10BiNO2. The Morgan fingerprint density at radius 2 is 2.00 bits per heavy atom. The topological polar surface area (TPSA) is 63.3 Å². The van der Waals surface area contributed by atoms with Crippen LogP contribution >= 0.6 is 0 Å². The second kappa shape index (κ2) is 4.47. The molecule has 0 aromatic heterocycles. The van der Waals surface area contributed by atoms with Crippen LogP contribution in [-0.2, 0) is 4.79 Å². The number of carbonyl (C=O) groups is 1. The fourth-order valence-corrected chi connectivity index (χ4v) is 0. The third-order valence-electron chi connectivity index (χ3n) is 0.390. The van der Waals surface area contributed by atoms with E-state index in [0.717, 1.165) is 0 Å². The molecule has 0 fully saturated rings. The summed E-state index contributed by atoms with van der Waals surface area (Å²) >= 11 is 0. The molecule has 0 unspecified atom stereocenters. The standard InChI is InChI=1S/C3H7NO2.Bi.3H/c1-2(4)3(5)6;;;;/h2H,4H2,1H3,(H,5,6);;;;/t2-;;;;/m0..../s1. The van der Waals surface area contributed by atoms with E-state index in [1.807, 2.05) is 0 Å². The van der Waals surface area contributed by atoms with Gasteiger partial charge in [-0.2, -0.15) is 0 Å². The van der Waals surface area contributed by atoms with Crippen molar-refractivity contribution in [3.8, 4) is 0 Å². The van der Waals surface area contributed by atoms with Gasteiger partial charge in [-0.3, -0.25) is 4.79 Å². The minimum absolute atomic E-state index is 0. The summed E-state index contributed by atoms with van der Waals surface area (Å²) < 4.78 is 0. The van der Waals surface area contributed by atoms with Crippen LogP contribution in [0.1, 0.15) is 6.92 Å². The van der Waals surface area contributed by atoms with Crippen molar-refractivity contribution in [1.82, 2.24) is 0 Å². The SMILES string of the molecule is C[C@H](N)C(=O)O.[BiH3]. The van der Waals surface area contributed by atoms with E-state index in [1.54, 1.807) is 0 Å². The number of carboxylic acids is 1. The number of hydrogen-bond acceptors (Lipinski definition) is 2. The predicted molar refractivity (Wildman–Crippen MR) is 31.2 cm³/mol. The molecule has 0 aromatic rings. The molecule has 0 aliphatic rings. The van der Waals surface area contributed by atoms with Crippen molar-refractivity contribution in [2.24, 2.45) is 5.73 Å². The Bertz CT molecular complexity index is 64.0. The Kier molecular flexibility index (Phi) is 6.60. The van der Waals surface area contributed by atoms with Gasteiger partial charge in [0.25, 0.3) is 0 Å². The van der Waals surface area contributed by atoms with Crippen LogP contribution in [0, 0.1) is 0 Å². The Balaban J connectivity index is 0. The van der Waals surface area contributed by atoms with Crippen molar-refractivity contribution in [2.45, 2.75) is 13.0 Å². The van der Waals surface area contributed by atoms with E-state index in [9.17, 15) is 4.79 Å². The first-order valence-corrected chi connectivity index (χ1v) is 1.63. The summed E-state index contributed by atoms with van der Waals surface area (Å²) in [6, 6.07) is -0.731. The first kappa shape index (κ1) is 10.3. The summed E-state index contributed by atoms with van der Waals surface area (Å²) in [7, 11) is 0. The van der Waals surface area contributed by atoms with E-state index >= 15 is 0 Å². The van der Waals surface area contributed by atoms with Crippen LogP contribution in [0.5, 0.6) is 0 Å². The van der Waals surface area contributed by atoms with Gasteiger partial charge in [0, 0.05) is 0 Å². The third kappa shape index (κ3) is 6.31. The summed E-state index contributed by atoms with van der Waals surface area (Å²) in [5.74, 6) is -0.963. The number of nitrogens with two attached hydrogens (primary N) is 1. The van der Waals surface area contributed by atoms with Gasteiger partial charge in [0.05, 0.1) is 0 Å². The van der Waals surface area contributed by atoms with Crippen molar-refractivity contribution in [1.29, 1.82) is 0 Å². The van der Waals surface area contributed by atoms with Gasteiger partial charge in [-0.25, -0.2) is 0 Å². The van der Waals surface area contributed by atoms with Gasteiger partial charge in [-0.15, -0.1) is 0 Å². The van der Waals surface area contributed by atoms with Crippen LogP contribution in [0.15, 0.2) is 0 Å². The molecule has 0 rings (SSSR count). The van der Waals surface area contributed by atoms with Gasteiger partial charge in [0.2, 0.25) is 0 Å². The van der Waals surface area contributed by atoms with Gasteiger partial charge in [0.15, 0.2) is 0 Å². The zero-order valence-corrected chi connectivity index (χ0v) is 9.71. The molecule has 0 aliphatic carbocycles. The van der Waals surface area contributed by atoms with Crippen molar-refractivity contribution in [3.05, 3.63) is 0 Å². The second-order valence-corrected chi connectivity index (χ2v) is 1.13. The van der Waals surface area contributed by atoms with Crippen LogP contribution in [0.2, 0.25) is 0 Å². The van der Waals surface area contributed by atoms with Crippen molar-refractivity contribution < 1.29 is 9.90 Å². The van der Waals surface area contributed by atoms with Crippen molar-refractivity contribution >= 4 is 32.2 Å². The van der Waals surface area contributed by atoms with Gasteiger partial charge < -0.3 is 10.8 Å². The van der Waals surface area contributed by atoms with Gasteiger partial charge in [-0.1, -0.05) is 0 Å². The van der Waals surface area contributed by atoms with E-state index in [1.165, 1.54) is 6.92 Å². The maximum absolute atomic E-state index is 9.57. The van der Waals surface area contributed by atoms with E-state index in [0.29, 0.717) is 0 Å². The molecule has 3 nitrogen and oxygen atoms in total. The van der Waals surface area contributed by atoms with Crippen molar-refractivity contribution in [2.75, 3.05) is 0 Å². The van der Waals surface area contributed by atoms with Gasteiger partial charge >= 0.3 is 32.2 Å². The Labute approximate surface area is 61.0 Å². The Morgan fingerprint density at radius 3 is 2.00 bits per heavy atom. The average Bonchev–Trinajstić information content (AvgIpc) is 1.36. The third-order valence-corrected chi connectivity index (χ3v) is 0.390. The molecule has 1 atom stereocenters. The summed E-state index contributed by atoms with van der Waals surface area (Å²) in [6.07, 6.45) is 0. The zero-order chi connectivity index (χ0) is 5.15. The molecule has 0 saturated carbocycles. The molecule has 0 aliphatic heterocycles. The monoisotopic (exact) mass is 301 g/mol. The molecule has 44 valence electrons. The zero-order valence-electron chi connectivity index (χ0n) is 4.22. The normalized spacial score (nSPS) is 11.7. The van der Waals surface area contributed by atoms with Crippen LogP contribution in [0.4, 0.5) is 0 Å². The maximum atomic E-state index is 9.57. The van der Waals surface area contributed by atoms with Crippen LogP contribution in [0.3, 0.4) is 0 Å². The quantitative estimate of drug-likeness (QED) is 0.564. The molecular weight excluding hydrogens is 291 g/mol. The average molecular weight is 301 g/mol. The molecule has 7 heavy (non-hydrogen) atoms. The number of rotatable bonds is 1. The molecule has 0 bridgehead atoms. The molecule has 0 amide bonds. The summed E-state index contributed by atoms with van der Waals surface area (Å²) in [4.78, 5) is 9.57. The first-order chi connectivity index (χ1) is 2.64. The molecule has 0 aromatic carbocycles. The van der Waals surface area contributed by atoms with E-state index < -0.39 is 12.0 Å². The molecule has 4 heteroatoms. The van der Waals surface area contributed by atoms with E-state index in [2.05, 4.69) is 0 Å². The summed E-state index contributed by atoms with van der Waals surface area (Å²) in [5.41, 5.74) is 4.84. The fourth-order valence-electron chi connectivity index (χ4n) is 0. The van der Waals surface area contributed by atoms with Crippen LogP contribution in [-0.4, -0.2) is 43.3 Å². The minimum atomic E-state index is -0.963. The van der Waals surface area contributed by atoms with Crippen LogP contribution < -0.4 is 5.73 Å². The van der Waals surface area contributed by atoms with Gasteiger partial charge in [-0.05, 0) is 6.92 Å². The van der Waals surface area contributed by atoms with E-state index in [4.69, 9.17) is 10.8 Å². The molecule has 0 spiro atoms. The molecule has 0 heterocycles. The summed E-state index contributed by atoms with van der Waals surface area (Å²) in [6.45, 7) is 1.42.